The van der Waals surface area contributed by atoms with Gasteiger partial charge in [-0.1, -0.05) is 22.0 Å². The third-order valence-corrected chi connectivity index (χ3v) is 3.17. The molecule has 2 N–H and O–H groups in total. The maximum atomic E-state index is 11.5. The second-order valence-corrected chi connectivity index (χ2v) is 4.99. The molecule has 0 saturated carbocycles. The first-order valence-corrected chi connectivity index (χ1v) is 6.85. The molecule has 0 saturated heterocycles. The van der Waals surface area contributed by atoms with Crippen LogP contribution in [0.4, 0.5) is 0 Å². The van der Waals surface area contributed by atoms with Gasteiger partial charge in [0.2, 0.25) is 0 Å². The molecule has 0 spiro atoms. The highest BCUT2D eigenvalue weighted by molar-refractivity contribution is 9.10. The number of nitrogens with one attached hydrogen (secondary N) is 2. The third kappa shape index (κ3) is 5.04. The number of rotatable bonds is 7. The Kier molecular flexibility index (Phi) is 6.59. The topological polar surface area (TPSA) is 50.4 Å². The molecule has 1 atom stereocenters. The Balaban J connectivity index is 2.72. The molecule has 0 radical (unpaired) electrons. The molecule has 0 bridgehead atoms. The first-order chi connectivity index (χ1) is 9.08. The standard InChI is InChI=1S/C14H19BrN2O2/c1-4-7-17-14(18)9-19-13-6-5-11(15)8-12(13)10(2)16-3/h4-6,8,10,16H,1,7,9H2,2-3H3,(H,17,18). The molecule has 0 aliphatic carbocycles. The molecule has 19 heavy (non-hydrogen) atoms. The molecule has 0 fully saturated rings. The summed E-state index contributed by atoms with van der Waals surface area (Å²) in [7, 11) is 1.88. The molecule has 1 rings (SSSR count). The van der Waals surface area contributed by atoms with Crippen molar-refractivity contribution in [2.45, 2.75) is 13.0 Å². The van der Waals surface area contributed by atoms with Crippen LogP contribution in [0, 0.1) is 0 Å². The number of benzene rings is 1. The molecule has 0 aliphatic rings. The summed E-state index contributed by atoms with van der Waals surface area (Å²) >= 11 is 3.43. The maximum Gasteiger partial charge on any atom is 0.258 e. The zero-order chi connectivity index (χ0) is 14.3. The Bertz CT molecular complexity index is 449. The van der Waals surface area contributed by atoms with Gasteiger partial charge in [0.25, 0.3) is 5.91 Å². The fraction of sp³-hybridized carbons (Fsp3) is 0.357. The summed E-state index contributed by atoms with van der Waals surface area (Å²) < 4.78 is 6.55. The minimum Gasteiger partial charge on any atom is -0.483 e. The van der Waals surface area contributed by atoms with Gasteiger partial charge in [-0.15, -0.1) is 6.58 Å². The predicted octanol–water partition coefficient (Wildman–Crippen LogP) is 2.41. The molecule has 0 heterocycles. The smallest absolute Gasteiger partial charge is 0.258 e. The fourth-order valence-corrected chi connectivity index (χ4v) is 1.90. The van der Waals surface area contributed by atoms with Crippen molar-refractivity contribution in [2.24, 2.45) is 0 Å². The number of ether oxygens (including phenoxy) is 1. The maximum absolute atomic E-state index is 11.5. The Hall–Kier alpha value is -1.33. The molecule has 1 aromatic carbocycles. The average Bonchev–Trinajstić information content (AvgIpc) is 2.42. The zero-order valence-electron chi connectivity index (χ0n) is 11.2. The quantitative estimate of drug-likeness (QED) is 0.756. The fourth-order valence-electron chi connectivity index (χ4n) is 1.52. The first-order valence-electron chi connectivity index (χ1n) is 6.05. The van der Waals surface area contributed by atoms with Gasteiger partial charge in [-0.25, -0.2) is 0 Å². The molecule has 0 aliphatic heterocycles. The zero-order valence-corrected chi connectivity index (χ0v) is 12.8. The second kappa shape index (κ2) is 7.96. The average molecular weight is 327 g/mol. The summed E-state index contributed by atoms with van der Waals surface area (Å²) in [6.07, 6.45) is 1.63. The van der Waals surface area contributed by atoms with Crippen LogP contribution in [0.15, 0.2) is 35.3 Å². The summed E-state index contributed by atoms with van der Waals surface area (Å²) in [4.78, 5) is 11.5. The van der Waals surface area contributed by atoms with Crippen molar-refractivity contribution in [1.82, 2.24) is 10.6 Å². The summed E-state index contributed by atoms with van der Waals surface area (Å²) in [5.41, 5.74) is 1.01. The molecule has 4 nitrogen and oxygen atoms in total. The van der Waals surface area contributed by atoms with E-state index in [1.807, 2.05) is 32.2 Å². The highest BCUT2D eigenvalue weighted by Gasteiger charge is 2.12. The molecular weight excluding hydrogens is 308 g/mol. The lowest BCUT2D eigenvalue weighted by atomic mass is 10.1. The van der Waals surface area contributed by atoms with Crippen molar-refractivity contribution in [3.8, 4) is 5.75 Å². The summed E-state index contributed by atoms with van der Waals surface area (Å²) in [5, 5.41) is 5.83. The summed E-state index contributed by atoms with van der Waals surface area (Å²) in [5.74, 6) is 0.546. The van der Waals surface area contributed by atoms with E-state index in [0.29, 0.717) is 12.3 Å². The van der Waals surface area contributed by atoms with Crippen LogP contribution in [0.5, 0.6) is 5.75 Å². The number of carbonyl (C=O) groups excluding carboxylic acids is 1. The molecule has 1 unspecified atom stereocenters. The Morgan fingerprint density at radius 3 is 2.95 bits per heavy atom. The van der Waals surface area contributed by atoms with Gasteiger partial charge in [-0.3, -0.25) is 4.79 Å². The first kappa shape index (κ1) is 15.7. The van der Waals surface area contributed by atoms with Crippen LogP contribution < -0.4 is 15.4 Å². The van der Waals surface area contributed by atoms with Crippen molar-refractivity contribution in [2.75, 3.05) is 20.2 Å². The highest BCUT2D eigenvalue weighted by atomic mass is 79.9. The van der Waals surface area contributed by atoms with E-state index >= 15 is 0 Å². The van der Waals surface area contributed by atoms with E-state index in [0.717, 1.165) is 10.0 Å². The van der Waals surface area contributed by atoms with Gasteiger partial charge in [0, 0.05) is 22.6 Å². The molecule has 104 valence electrons. The van der Waals surface area contributed by atoms with E-state index in [2.05, 4.69) is 33.1 Å². The normalized spacial score (nSPS) is 11.7. The number of hydrogen-bond donors (Lipinski definition) is 2. The van der Waals surface area contributed by atoms with Crippen molar-refractivity contribution >= 4 is 21.8 Å². The predicted molar refractivity (Wildman–Crippen MR) is 80.3 cm³/mol. The van der Waals surface area contributed by atoms with Gasteiger partial charge in [-0.2, -0.15) is 0 Å². The largest absolute Gasteiger partial charge is 0.483 e. The number of amides is 1. The minimum absolute atomic E-state index is 0.00108. The van der Waals surface area contributed by atoms with Crippen molar-refractivity contribution in [1.29, 1.82) is 0 Å². The van der Waals surface area contributed by atoms with E-state index in [1.54, 1.807) is 6.08 Å². The van der Waals surface area contributed by atoms with Crippen LogP contribution in [-0.2, 0) is 4.79 Å². The van der Waals surface area contributed by atoms with Crippen LogP contribution in [-0.4, -0.2) is 26.1 Å². The Labute approximate surface area is 122 Å². The Morgan fingerprint density at radius 1 is 1.58 bits per heavy atom. The van der Waals surface area contributed by atoms with E-state index in [1.165, 1.54) is 0 Å². The van der Waals surface area contributed by atoms with Gasteiger partial charge >= 0.3 is 0 Å². The summed E-state index contributed by atoms with van der Waals surface area (Å²) in [6.45, 7) is 6.02. The van der Waals surface area contributed by atoms with Gasteiger partial charge < -0.3 is 15.4 Å². The van der Waals surface area contributed by atoms with Crippen molar-refractivity contribution in [3.05, 3.63) is 40.9 Å². The van der Waals surface area contributed by atoms with Crippen LogP contribution in [0.2, 0.25) is 0 Å². The monoisotopic (exact) mass is 326 g/mol. The van der Waals surface area contributed by atoms with Crippen LogP contribution >= 0.6 is 15.9 Å². The molecule has 0 aromatic heterocycles. The SMILES string of the molecule is C=CCNC(=O)COc1ccc(Br)cc1C(C)NC. The Morgan fingerprint density at radius 2 is 2.32 bits per heavy atom. The van der Waals surface area contributed by atoms with Crippen LogP contribution in [0.25, 0.3) is 0 Å². The number of carbonyl (C=O) groups is 1. The van der Waals surface area contributed by atoms with Crippen molar-refractivity contribution < 1.29 is 9.53 Å². The number of hydrogen-bond acceptors (Lipinski definition) is 3. The third-order valence-electron chi connectivity index (χ3n) is 2.67. The van der Waals surface area contributed by atoms with Gasteiger partial charge in [-0.05, 0) is 32.2 Å². The lowest BCUT2D eigenvalue weighted by Crippen LogP contribution is -2.29. The van der Waals surface area contributed by atoms with E-state index in [-0.39, 0.29) is 18.6 Å². The summed E-state index contributed by atoms with van der Waals surface area (Å²) in [6, 6.07) is 5.87. The van der Waals surface area contributed by atoms with Crippen molar-refractivity contribution in [3.63, 3.8) is 0 Å². The molecular formula is C14H19BrN2O2. The minimum atomic E-state index is -0.161. The van der Waals surface area contributed by atoms with Gasteiger partial charge in [0.1, 0.15) is 5.75 Å². The molecule has 1 amide bonds. The highest BCUT2D eigenvalue weighted by Crippen LogP contribution is 2.28. The number of halogens is 1. The van der Waals surface area contributed by atoms with Gasteiger partial charge in [0.15, 0.2) is 6.61 Å². The molecule has 5 heteroatoms. The van der Waals surface area contributed by atoms with Crippen LogP contribution in [0.3, 0.4) is 0 Å². The lowest BCUT2D eigenvalue weighted by molar-refractivity contribution is -0.122. The van der Waals surface area contributed by atoms with E-state index < -0.39 is 0 Å². The van der Waals surface area contributed by atoms with E-state index in [4.69, 9.17) is 4.74 Å². The van der Waals surface area contributed by atoms with Crippen LogP contribution in [0.1, 0.15) is 18.5 Å². The van der Waals surface area contributed by atoms with Gasteiger partial charge in [0.05, 0.1) is 0 Å². The van der Waals surface area contributed by atoms with E-state index in [9.17, 15) is 4.79 Å². The lowest BCUT2D eigenvalue weighted by Gasteiger charge is -2.16. The second-order valence-electron chi connectivity index (χ2n) is 4.07. The molecule has 1 aromatic rings.